The Balaban J connectivity index is 1.40. The Morgan fingerprint density at radius 3 is 3.00 bits per heavy atom. The molecule has 1 atom stereocenters. The van der Waals surface area contributed by atoms with Gasteiger partial charge < -0.3 is 10.6 Å². The van der Waals surface area contributed by atoms with E-state index in [-0.39, 0.29) is 0 Å². The van der Waals surface area contributed by atoms with Crippen LogP contribution in [0.15, 0.2) is 11.6 Å². The smallest absolute Gasteiger partial charge is 0.223 e. The van der Waals surface area contributed by atoms with Gasteiger partial charge in [0.2, 0.25) is 5.91 Å². The minimum Gasteiger partial charge on any atom is -0.356 e. The van der Waals surface area contributed by atoms with Crippen LogP contribution in [0.25, 0.3) is 0 Å². The van der Waals surface area contributed by atoms with Crippen molar-refractivity contribution in [2.45, 2.75) is 44.9 Å². The SMILES string of the molecule is O=C(NCCC1=CCCC1)C1CC12CCNCC2. The van der Waals surface area contributed by atoms with E-state index < -0.39 is 0 Å². The van der Waals surface area contributed by atoms with Crippen molar-refractivity contribution in [1.82, 2.24) is 10.6 Å². The maximum absolute atomic E-state index is 12.1. The van der Waals surface area contributed by atoms with E-state index in [1.165, 1.54) is 32.1 Å². The third-order valence-corrected chi connectivity index (χ3v) is 4.99. The lowest BCUT2D eigenvalue weighted by Crippen LogP contribution is -2.34. The van der Waals surface area contributed by atoms with Gasteiger partial charge in [-0.1, -0.05) is 11.6 Å². The first-order valence-corrected chi connectivity index (χ1v) is 7.47. The van der Waals surface area contributed by atoms with Crippen molar-refractivity contribution in [3.05, 3.63) is 11.6 Å². The topological polar surface area (TPSA) is 41.1 Å². The van der Waals surface area contributed by atoms with Crippen molar-refractivity contribution in [1.29, 1.82) is 0 Å². The van der Waals surface area contributed by atoms with E-state index in [0.717, 1.165) is 32.5 Å². The first-order chi connectivity index (χ1) is 8.80. The minimum atomic E-state index is 0.315. The molecule has 18 heavy (non-hydrogen) atoms. The standard InChI is InChI=1S/C15H24N2O/c18-14(17-8-5-12-3-1-2-4-12)13-11-15(13)6-9-16-10-7-15/h3,13,16H,1-2,4-11H2,(H,17,18). The van der Waals surface area contributed by atoms with Gasteiger partial charge in [0.15, 0.2) is 0 Å². The summed E-state index contributed by atoms with van der Waals surface area (Å²) in [5.74, 6) is 0.632. The average Bonchev–Trinajstić information content (AvgIpc) is 2.85. The van der Waals surface area contributed by atoms with Gasteiger partial charge in [0, 0.05) is 12.5 Å². The van der Waals surface area contributed by atoms with Crippen molar-refractivity contribution in [3.63, 3.8) is 0 Å². The molecule has 0 bridgehead atoms. The van der Waals surface area contributed by atoms with Crippen LogP contribution in [-0.4, -0.2) is 25.5 Å². The van der Waals surface area contributed by atoms with Crippen molar-refractivity contribution < 1.29 is 4.79 Å². The van der Waals surface area contributed by atoms with Crippen LogP contribution in [0.2, 0.25) is 0 Å². The highest BCUT2D eigenvalue weighted by atomic mass is 16.2. The van der Waals surface area contributed by atoms with Crippen LogP contribution in [0.1, 0.15) is 44.9 Å². The molecule has 3 nitrogen and oxygen atoms in total. The first kappa shape index (κ1) is 12.2. The van der Waals surface area contributed by atoms with Crippen LogP contribution < -0.4 is 10.6 Å². The van der Waals surface area contributed by atoms with Gasteiger partial charge in [-0.25, -0.2) is 0 Å². The normalized spacial score (nSPS) is 29.1. The summed E-state index contributed by atoms with van der Waals surface area (Å²) in [5, 5.41) is 6.52. The zero-order valence-corrected chi connectivity index (χ0v) is 11.1. The summed E-state index contributed by atoms with van der Waals surface area (Å²) in [4.78, 5) is 12.1. The number of allylic oxidation sites excluding steroid dienone is 1. The summed E-state index contributed by atoms with van der Waals surface area (Å²) in [6, 6.07) is 0. The second-order valence-electron chi connectivity index (χ2n) is 6.16. The second kappa shape index (κ2) is 5.04. The number of carbonyl (C=O) groups is 1. The first-order valence-electron chi connectivity index (χ1n) is 7.47. The number of amides is 1. The molecular weight excluding hydrogens is 224 g/mol. The molecule has 3 heteroatoms. The van der Waals surface area contributed by atoms with Crippen molar-refractivity contribution in [2.24, 2.45) is 11.3 Å². The molecule has 0 aromatic heterocycles. The van der Waals surface area contributed by atoms with Gasteiger partial charge in [-0.3, -0.25) is 4.79 Å². The number of hydrogen-bond donors (Lipinski definition) is 2. The molecule has 0 aromatic carbocycles. The maximum atomic E-state index is 12.1. The van der Waals surface area contributed by atoms with Gasteiger partial charge >= 0.3 is 0 Å². The molecule has 3 aliphatic rings. The molecule has 1 aliphatic heterocycles. The molecule has 1 saturated heterocycles. The number of hydrogen-bond acceptors (Lipinski definition) is 2. The number of carbonyl (C=O) groups excluding carboxylic acids is 1. The highest BCUT2D eigenvalue weighted by Crippen LogP contribution is 2.58. The van der Waals surface area contributed by atoms with E-state index in [9.17, 15) is 4.79 Å². The average molecular weight is 248 g/mol. The summed E-state index contributed by atoms with van der Waals surface area (Å²) >= 11 is 0. The molecule has 1 heterocycles. The molecule has 2 N–H and O–H groups in total. The minimum absolute atomic E-state index is 0.315. The van der Waals surface area contributed by atoms with E-state index in [0.29, 0.717) is 17.2 Å². The predicted octanol–water partition coefficient (Wildman–Crippen LogP) is 1.99. The Morgan fingerprint density at radius 1 is 1.44 bits per heavy atom. The summed E-state index contributed by atoms with van der Waals surface area (Å²) in [5.41, 5.74) is 1.92. The lowest BCUT2D eigenvalue weighted by Gasteiger charge is -2.23. The molecule has 3 rings (SSSR count). The molecule has 1 saturated carbocycles. The molecule has 1 unspecified atom stereocenters. The van der Waals surface area contributed by atoms with Gasteiger partial charge in [-0.2, -0.15) is 0 Å². The zero-order valence-electron chi connectivity index (χ0n) is 11.1. The maximum Gasteiger partial charge on any atom is 0.223 e. The highest BCUT2D eigenvalue weighted by molar-refractivity contribution is 5.82. The van der Waals surface area contributed by atoms with Crippen molar-refractivity contribution >= 4 is 5.91 Å². The third kappa shape index (κ3) is 2.46. The molecule has 100 valence electrons. The Morgan fingerprint density at radius 2 is 2.28 bits per heavy atom. The molecule has 0 aromatic rings. The van der Waals surface area contributed by atoms with Gasteiger partial charge in [0.05, 0.1) is 0 Å². The van der Waals surface area contributed by atoms with E-state index in [4.69, 9.17) is 0 Å². The molecule has 2 aliphatic carbocycles. The van der Waals surface area contributed by atoms with Crippen LogP contribution in [0, 0.1) is 11.3 Å². The van der Waals surface area contributed by atoms with E-state index in [2.05, 4.69) is 16.7 Å². The summed E-state index contributed by atoms with van der Waals surface area (Å²) in [7, 11) is 0. The quantitative estimate of drug-likeness (QED) is 0.747. The fourth-order valence-electron chi connectivity index (χ4n) is 3.63. The second-order valence-corrected chi connectivity index (χ2v) is 6.16. The molecule has 1 spiro atoms. The van der Waals surface area contributed by atoms with E-state index in [1.807, 2.05) is 0 Å². The zero-order chi connectivity index (χ0) is 12.4. The van der Waals surface area contributed by atoms with E-state index in [1.54, 1.807) is 5.57 Å². The monoisotopic (exact) mass is 248 g/mol. The van der Waals surface area contributed by atoms with Gasteiger partial charge in [0.25, 0.3) is 0 Å². The number of nitrogens with one attached hydrogen (secondary N) is 2. The van der Waals surface area contributed by atoms with E-state index >= 15 is 0 Å². The Kier molecular flexibility index (Phi) is 3.42. The summed E-state index contributed by atoms with van der Waals surface area (Å²) in [6.07, 6.45) is 10.7. The van der Waals surface area contributed by atoms with Crippen molar-refractivity contribution in [2.75, 3.05) is 19.6 Å². The Hall–Kier alpha value is -0.830. The lowest BCUT2D eigenvalue weighted by molar-refractivity contribution is -0.123. The molecule has 1 amide bonds. The Bertz CT molecular complexity index is 356. The van der Waals surface area contributed by atoms with Crippen LogP contribution in [0.5, 0.6) is 0 Å². The predicted molar refractivity (Wildman–Crippen MR) is 72.2 cm³/mol. The van der Waals surface area contributed by atoms with Crippen LogP contribution in [-0.2, 0) is 4.79 Å². The summed E-state index contributed by atoms with van der Waals surface area (Å²) < 4.78 is 0. The van der Waals surface area contributed by atoms with Gasteiger partial charge in [0.1, 0.15) is 0 Å². The summed E-state index contributed by atoms with van der Waals surface area (Å²) in [6.45, 7) is 3.03. The highest BCUT2D eigenvalue weighted by Gasteiger charge is 2.57. The fraction of sp³-hybridized carbons (Fsp3) is 0.800. The molecule has 0 radical (unpaired) electrons. The fourth-order valence-corrected chi connectivity index (χ4v) is 3.63. The number of rotatable bonds is 4. The van der Waals surface area contributed by atoms with Gasteiger partial charge in [-0.05, 0) is 63.5 Å². The number of piperidine rings is 1. The van der Waals surface area contributed by atoms with Crippen LogP contribution in [0.4, 0.5) is 0 Å². The lowest BCUT2D eigenvalue weighted by atomic mass is 9.92. The molecule has 2 fully saturated rings. The van der Waals surface area contributed by atoms with Crippen LogP contribution >= 0.6 is 0 Å². The third-order valence-electron chi connectivity index (χ3n) is 4.99. The Labute approximate surface area is 109 Å². The van der Waals surface area contributed by atoms with Crippen LogP contribution in [0.3, 0.4) is 0 Å². The van der Waals surface area contributed by atoms with Gasteiger partial charge in [-0.15, -0.1) is 0 Å². The molecular formula is C15H24N2O. The largest absolute Gasteiger partial charge is 0.356 e. The van der Waals surface area contributed by atoms with Crippen molar-refractivity contribution in [3.8, 4) is 0 Å².